The zero-order valence-corrected chi connectivity index (χ0v) is 11.1. The van der Waals surface area contributed by atoms with Gasteiger partial charge in [-0.1, -0.05) is 19.8 Å². The van der Waals surface area contributed by atoms with E-state index >= 15 is 0 Å². The second-order valence-corrected chi connectivity index (χ2v) is 3.99. The molecule has 0 aliphatic heterocycles. The van der Waals surface area contributed by atoms with Crippen molar-refractivity contribution < 1.29 is 14.3 Å². The van der Waals surface area contributed by atoms with E-state index in [9.17, 15) is 9.59 Å². The molecule has 100 valence electrons. The largest absolute Gasteiger partial charge is 0.383 e. The van der Waals surface area contributed by atoms with Gasteiger partial charge in [0.25, 0.3) is 0 Å². The number of carbonyl (C=O) groups excluding carboxylic acids is 2. The molecule has 0 aromatic rings. The highest BCUT2D eigenvalue weighted by molar-refractivity contribution is 5.83. The van der Waals surface area contributed by atoms with Crippen LogP contribution in [-0.2, 0) is 14.3 Å². The Hall–Kier alpha value is -1.10. The first-order chi connectivity index (χ1) is 8.11. The van der Waals surface area contributed by atoms with Crippen LogP contribution in [0.15, 0.2) is 0 Å². The molecule has 0 aliphatic carbocycles. The first-order valence-corrected chi connectivity index (χ1v) is 6.13. The minimum atomic E-state index is -0.106. The predicted octanol–water partition coefficient (Wildman–Crippen LogP) is 0.788. The summed E-state index contributed by atoms with van der Waals surface area (Å²) in [5, 5.41) is 2.81. The molecule has 0 heterocycles. The topological polar surface area (TPSA) is 58.6 Å². The zero-order chi connectivity index (χ0) is 13.1. The van der Waals surface area contributed by atoms with E-state index in [1.54, 1.807) is 7.11 Å². The van der Waals surface area contributed by atoms with E-state index in [1.807, 2.05) is 0 Å². The van der Waals surface area contributed by atoms with Gasteiger partial charge in [0, 0.05) is 27.1 Å². The Balaban J connectivity index is 3.83. The van der Waals surface area contributed by atoms with Crippen molar-refractivity contribution in [1.82, 2.24) is 10.2 Å². The Morgan fingerprint density at radius 1 is 1.29 bits per heavy atom. The summed E-state index contributed by atoms with van der Waals surface area (Å²) in [5.41, 5.74) is 0. The summed E-state index contributed by atoms with van der Waals surface area (Å²) in [5.74, 6) is -0.210. The quantitative estimate of drug-likeness (QED) is 0.610. The molecule has 2 amide bonds. The number of carbonyl (C=O) groups is 2. The van der Waals surface area contributed by atoms with E-state index < -0.39 is 0 Å². The molecule has 0 aromatic carbocycles. The van der Waals surface area contributed by atoms with Gasteiger partial charge in [-0.3, -0.25) is 9.59 Å². The van der Waals surface area contributed by atoms with Crippen LogP contribution in [0.1, 0.15) is 33.1 Å². The first-order valence-electron chi connectivity index (χ1n) is 6.13. The molecule has 0 rings (SSSR count). The molecule has 0 saturated heterocycles. The first kappa shape index (κ1) is 15.9. The molecule has 0 bridgehead atoms. The number of nitrogens with one attached hydrogen (secondary N) is 1. The number of hydrogen-bond acceptors (Lipinski definition) is 3. The molecule has 0 aliphatic rings. The van der Waals surface area contributed by atoms with Crippen molar-refractivity contribution in [2.24, 2.45) is 0 Å². The molecule has 0 atom stereocenters. The van der Waals surface area contributed by atoms with Gasteiger partial charge in [-0.2, -0.15) is 0 Å². The van der Waals surface area contributed by atoms with Crippen molar-refractivity contribution in [2.75, 3.05) is 33.4 Å². The van der Waals surface area contributed by atoms with Crippen LogP contribution in [0.5, 0.6) is 0 Å². The SMILES string of the molecule is CCCCCNC(=O)CN(CCOC)C(C)=O. The predicted molar refractivity (Wildman–Crippen MR) is 66.7 cm³/mol. The van der Waals surface area contributed by atoms with Crippen molar-refractivity contribution in [1.29, 1.82) is 0 Å². The lowest BCUT2D eigenvalue weighted by Crippen LogP contribution is -2.41. The second-order valence-electron chi connectivity index (χ2n) is 3.99. The van der Waals surface area contributed by atoms with Crippen LogP contribution in [0.25, 0.3) is 0 Å². The average Bonchev–Trinajstić information content (AvgIpc) is 2.29. The Bertz CT molecular complexity index is 232. The molecule has 0 radical (unpaired) electrons. The Morgan fingerprint density at radius 2 is 2.00 bits per heavy atom. The van der Waals surface area contributed by atoms with Gasteiger partial charge in [-0.15, -0.1) is 0 Å². The standard InChI is InChI=1S/C12H24N2O3/c1-4-5-6-7-13-12(16)10-14(11(2)15)8-9-17-3/h4-10H2,1-3H3,(H,13,16). The monoisotopic (exact) mass is 244 g/mol. The molecule has 0 spiro atoms. The lowest BCUT2D eigenvalue weighted by molar-refractivity contribution is -0.134. The van der Waals surface area contributed by atoms with Crippen LogP contribution >= 0.6 is 0 Å². The number of unbranched alkanes of at least 4 members (excludes halogenated alkanes) is 2. The zero-order valence-electron chi connectivity index (χ0n) is 11.1. The third kappa shape index (κ3) is 8.68. The fourth-order valence-corrected chi connectivity index (χ4v) is 1.38. The summed E-state index contributed by atoms with van der Waals surface area (Å²) in [4.78, 5) is 24.3. The Morgan fingerprint density at radius 3 is 2.53 bits per heavy atom. The lowest BCUT2D eigenvalue weighted by atomic mass is 10.2. The lowest BCUT2D eigenvalue weighted by Gasteiger charge is -2.19. The second kappa shape index (κ2) is 10.1. The van der Waals surface area contributed by atoms with E-state index in [1.165, 1.54) is 11.8 Å². The highest BCUT2D eigenvalue weighted by Gasteiger charge is 2.12. The highest BCUT2D eigenvalue weighted by Crippen LogP contribution is 1.93. The van der Waals surface area contributed by atoms with Crippen LogP contribution in [0, 0.1) is 0 Å². The van der Waals surface area contributed by atoms with Gasteiger partial charge in [0.2, 0.25) is 11.8 Å². The maximum absolute atomic E-state index is 11.5. The smallest absolute Gasteiger partial charge is 0.239 e. The summed E-state index contributed by atoms with van der Waals surface area (Å²) >= 11 is 0. The Kier molecular flexibility index (Phi) is 9.43. The molecule has 0 unspecified atom stereocenters. The minimum Gasteiger partial charge on any atom is -0.383 e. The fraction of sp³-hybridized carbons (Fsp3) is 0.833. The van der Waals surface area contributed by atoms with Crippen molar-refractivity contribution in [3.63, 3.8) is 0 Å². The molecule has 5 heteroatoms. The molecular formula is C12H24N2O3. The van der Waals surface area contributed by atoms with Gasteiger partial charge in [0.1, 0.15) is 0 Å². The molecule has 5 nitrogen and oxygen atoms in total. The number of amides is 2. The number of rotatable bonds is 9. The van der Waals surface area contributed by atoms with E-state index in [2.05, 4.69) is 12.2 Å². The van der Waals surface area contributed by atoms with Crippen LogP contribution in [-0.4, -0.2) is 50.1 Å². The van der Waals surface area contributed by atoms with Crippen molar-refractivity contribution in [3.8, 4) is 0 Å². The van der Waals surface area contributed by atoms with Crippen LogP contribution in [0.3, 0.4) is 0 Å². The van der Waals surface area contributed by atoms with Gasteiger partial charge < -0.3 is 15.0 Å². The summed E-state index contributed by atoms with van der Waals surface area (Å²) in [6.45, 7) is 5.27. The third-order valence-electron chi connectivity index (χ3n) is 2.45. The maximum Gasteiger partial charge on any atom is 0.239 e. The minimum absolute atomic E-state index is 0.104. The van der Waals surface area contributed by atoms with Crippen molar-refractivity contribution in [3.05, 3.63) is 0 Å². The van der Waals surface area contributed by atoms with Gasteiger partial charge in [-0.05, 0) is 6.42 Å². The van der Waals surface area contributed by atoms with E-state index in [4.69, 9.17) is 4.74 Å². The molecule has 0 fully saturated rings. The third-order valence-corrected chi connectivity index (χ3v) is 2.45. The maximum atomic E-state index is 11.5. The highest BCUT2D eigenvalue weighted by atomic mass is 16.5. The number of ether oxygens (including phenoxy) is 1. The van der Waals surface area contributed by atoms with Crippen LogP contribution in [0.4, 0.5) is 0 Å². The normalized spacial score (nSPS) is 10.1. The summed E-state index contributed by atoms with van der Waals surface area (Å²) in [6, 6.07) is 0. The van der Waals surface area contributed by atoms with Crippen molar-refractivity contribution in [2.45, 2.75) is 33.1 Å². The molecule has 17 heavy (non-hydrogen) atoms. The van der Waals surface area contributed by atoms with Gasteiger partial charge in [0.15, 0.2) is 0 Å². The molecule has 0 aromatic heterocycles. The van der Waals surface area contributed by atoms with E-state index in [-0.39, 0.29) is 18.4 Å². The summed E-state index contributed by atoms with van der Waals surface area (Å²) in [7, 11) is 1.57. The van der Waals surface area contributed by atoms with Gasteiger partial charge >= 0.3 is 0 Å². The van der Waals surface area contributed by atoms with Gasteiger partial charge in [0.05, 0.1) is 13.2 Å². The number of methoxy groups -OCH3 is 1. The summed E-state index contributed by atoms with van der Waals surface area (Å²) in [6.07, 6.45) is 3.23. The average molecular weight is 244 g/mol. The van der Waals surface area contributed by atoms with Gasteiger partial charge in [-0.25, -0.2) is 0 Å². The van der Waals surface area contributed by atoms with Crippen LogP contribution in [0.2, 0.25) is 0 Å². The molecule has 1 N–H and O–H groups in total. The number of nitrogens with zero attached hydrogens (tertiary/aromatic N) is 1. The van der Waals surface area contributed by atoms with Crippen molar-refractivity contribution >= 4 is 11.8 Å². The Labute approximate surface area is 103 Å². The summed E-state index contributed by atoms with van der Waals surface area (Å²) < 4.78 is 4.89. The van der Waals surface area contributed by atoms with E-state index in [0.29, 0.717) is 19.7 Å². The fourth-order valence-electron chi connectivity index (χ4n) is 1.38. The number of hydrogen-bond donors (Lipinski definition) is 1. The molecular weight excluding hydrogens is 220 g/mol. The molecule has 0 saturated carbocycles. The van der Waals surface area contributed by atoms with Crippen LogP contribution < -0.4 is 5.32 Å². The van der Waals surface area contributed by atoms with E-state index in [0.717, 1.165) is 19.3 Å².